The van der Waals surface area contributed by atoms with Gasteiger partial charge in [0.15, 0.2) is 17.7 Å². The summed E-state index contributed by atoms with van der Waals surface area (Å²) >= 11 is 3.47. The summed E-state index contributed by atoms with van der Waals surface area (Å²) < 4.78 is 6.18. The van der Waals surface area contributed by atoms with E-state index in [1.54, 1.807) is 66.7 Å². The Labute approximate surface area is 267 Å². The highest BCUT2D eigenvalue weighted by molar-refractivity contribution is 9.10. The number of nitrogens with two attached hydrogens (primary N) is 1. The van der Waals surface area contributed by atoms with Crippen LogP contribution in [0.3, 0.4) is 0 Å². The quantitative estimate of drug-likeness (QED) is 0.0791. The summed E-state index contributed by atoms with van der Waals surface area (Å²) in [6.07, 6.45) is 2.82. The average molecular weight is 666 g/mol. The van der Waals surface area contributed by atoms with Gasteiger partial charge < -0.3 is 26.0 Å². The van der Waals surface area contributed by atoms with Gasteiger partial charge in [0.05, 0.1) is 17.9 Å². The number of halogens is 1. The van der Waals surface area contributed by atoms with Crippen LogP contribution in [0.15, 0.2) is 77.3 Å². The lowest BCUT2D eigenvalue weighted by Crippen LogP contribution is -2.52. The molecule has 3 aromatic rings. The van der Waals surface area contributed by atoms with Crippen molar-refractivity contribution in [2.45, 2.75) is 82.1 Å². The molecule has 0 heterocycles. The van der Waals surface area contributed by atoms with Crippen LogP contribution in [0.5, 0.6) is 0 Å². The van der Waals surface area contributed by atoms with Crippen molar-refractivity contribution in [3.05, 3.63) is 99.5 Å². The summed E-state index contributed by atoms with van der Waals surface area (Å²) in [6.45, 7) is 2.62. The zero-order valence-electron chi connectivity index (χ0n) is 25.2. The third-order valence-electron chi connectivity index (χ3n) is 8.59. The summed E-state index contributed by atoms with van der Waals surface area (Å²) in [4.78, 5) is 41.9. The van der Waals surface area contributed by atoms with Gasteiger partial charge >= 0.3 is 5.97 Å². The molecule has 0 spiro atoms. The molecule has 1 saturated carbocycles. The average Bonchev–Trinajstić information content (AvgIpc) is 3.07. The second kappa shape index (κ2) is 15.1. The van der Waals surface area contributed by atoms with Gasteiger partial charge in [0.1, 0.15) is 11.5 Å². The largest absolute Gasteiger partial charge is 0.448 e. The molecular formula is C35H41BrN2O6. The van der Waals surface area contributed by atoms with E-state index in [9.17, 15) is 24.6 Å². The number of esters is 1. The van der Waals surface area contributed by atoms with Crippen LogP contribution in [0, 0.1) is 0 Å². The van der Waals surface area contributed by atoms with E-state index in [0.717, 1.165) is 37.7 Å². The number of nitrogen functional groups attached to an aromatic ring is 1. The lowest BCUT2D eigenvalue weighted by molar-refractivity contribution is -0.139. The Balaban J connectivity index is 1.69. The molecule has 4 unspecified atom stereocenters. The fraction of sp³-hybridized carbons (Fsp3) is 0.400. The summed E-state index contributed by atoms with van der Waals surface area (Å²) in [5, 5.41) is 24.4. The minimum absolute atomic E-state index is 0.115. The number of carbonyl (C=O) groups excluding carboxylic acids is 3. The molecule has 9 heteroatoms. The Hall–Kier alpha value is -3.37. The van der Waals surface area contributed by atoms with Crippen LogP contribution in [-0.2, 0) is 14.9 Å². The number of carbonyl (C=O) groups is 3. The van der Waals surface area contributed by atoms with E-state index in [0.29, 0.717) is 21.8 Å². The molecule has 1 fully saturated rings. The third-order valence-corrected chi connectivity index (χ3v) is 9.24. The number of hydrogen-bond donors (Lipinski definition) is 4. The van der Waals surface area contributed by atoms with Gasteiger partial charge in [0, 0.05) is 22.1 Å². The maximum absolute atomic E-state index is 14.3. The van der Waals surface area contributed by atoms with Gasteiger partial charge in [-0.1, -0.05) is 86.8 Å². The van der Waals surface area contributed by atoms with Gasteiger partial charge in [-0.3, -0.25) is 9.59 Å². The van der Waals surface area contributed by atoms with E-state index in [2.05, 4.69) is 21.2 Å². The zero-order valence-corrected chi connectivity index (χ0v) is 26.8. The third kappa shape index (κ3) is 7.29. The Morgan fingerprint density at radius 3 is 2.20 bits per heavy atom. The second-order valence-corrected chi connectivity index (χ2v) is 12.4. The van der Waals surface area contributed by atoms with Gasteiger partial charge in [-0.25, -0.2) is 4.79 Å². The Morgan fingerprint density at radius 1 is 1.00 bits per heavy atom. The molecule has 0 amide bonds. The van der Waals surface area contributed by atoms with Gasteiger partial charge in [-0.05, 0) is 65.4 Å². The second-order valence-electron chi connectivity index (χ2n) is 11.5. The summed E-state index contributed by atoms with van der Waals surface area (Å²) in [5.74, 6) is -2.28. The molecule has 4 rings (SSSR count). The lowest BCUT2D eigenvalue weighted by Gasteiger charge is -2.32. The first-order valence-electron chi connectivity index (χ1n) is 15.2. The van der Waals surface area contributed by atoms with Crippen LogP contribution in [0.1, 0.15) is 90.3 Å². The van der Waals surface area contributed by atoms with Gasteiger partial charge in [0.25, 0.3) is 0 Å². The monoisotopic (exact) mass is 664 g/mol. The fourth-order valence-corrected chi connectivity index (χ4v) is 6.41. The summed E-state index contributed by atoms with van der Waals surface area (Å²) in [7, 11) is 0. The number of ether oxygens (including phenoxy) is 1. The maximum Gasteiger partial charge on any atom is 0.338 e. The Bertz CT molecular complexity index is 1440. The number of aliphatic hydroxyl groups is 2. The molecule has 1 aliphatic carbocycles. The molecule has 3 aromatic carbocycles. The first kappa shape index (κ1) is 33.5. The van der Waals surface area contributed by atoms with Crippen LogP contribution < -0.4 is 11.1 Å². The molecule has 234 valence electrons. The van der Waals surface area contributed by atoms with E-state index in [1.807, 2.05) is 6.92 Å². The lowest BCUT2D eigenvalue weighted by atomic mass is 9.70. The molecular weight excluding hydrogens is 624 g/mol. The standard InChI is InChI=1S/C35H41BrN2O6/c1-3-28(38-25-17-11-6-12-18-25)26-19-23(20-27(36)30(26)37)34(43)44-31(29(40)21-39)33(42)35(2,24-15-9-5-10-16-24)32(41)22-13-7-4-8-14-22/h4-5,7-10,13-16,19-20,25,28-29,31,38-40H,3,6,11-12,17-18,21,37H2,1-2H3. The topological polar surface area (TPSA) is 139 Å². The number of benzene rings is 3. The van der Waals surface area contributed by atoms with E-state index in [4.69, 9.17) is 10.5 Å². The molecule has 1 aliphatic rings. The van der Waals surface area contributed by atoms with Crippen LogP contribution >= 0.6 is 15.9 Å². The minimum atomic E-state index is -1.84. The smallest absolute Gasteiger partial charge is 0.338 e. The van der Waals surface area contributed by atoms with Crippen molar-refractivity contribution >= 4 is 39.2 Å². The van der Waals surface area contributed by atoms with E-state index in [-0.39, 0.29) is 17.2 Å². The number of aliphatic hydroxyl groups excluding tert-OH is 2. The van der Waals surface area contributed by atoms with E-state index >= 15 is 0 Å². The van der Waals surface area contributed by atoms with Crippen molar-refractivity contribution in [2.75, 3.05) is 12.3 Å². The zero-order chi connectivity index (χ0) is 31.9. The predicted octanol–water partition coefficient (Wildman–Crippen LogP) is 5.69. The molecule has 44 heavy (non-hydrogen) atoms. The summed E-state index contributed by atoms with van der Waals surface area (Å²) in [5.41, 5.74) is 6.59. The number of Topliss-reactive ketones (excluding diaryl/α,β-unsaturated/α-hetero) is 2. The number of hydrogen-bond acceptors (Lipinski definition) is 8. The first-order valence-corrected chi connectivity index (χ1v) is 16.0. The molecule has 0 saturated heterocycles. The van der Waals surface area contributed by atoms with Crippen molar-refractivity contribution in [1.29, 1.82) is 0 Å². The highest BCUT2D eigenvalue weighted by Crippen LogP contribution is 2.35. The molecule has 5 N–H and O–H groups in total. The van der Waals surface area contributed by atoms with Crippen molar-refractivity contribution in [2.24, 2.45) is 0 Å². The van der Waals surface area contributed by atoms with Gasteiger partial charge in [-0.15, -0.1) is 0 Å². The fourth-order valence-electron chi connectivity index (χ4n) is 5.93. The maximum atomic E-state index is 14.3. The molecule has 0 aliphatic heterocycles. The number of rotatable bonds is 13. The number of nitrogens with one attached hydrogen (secondary N) is 1. The predicted molar refractivity (Wildman–Crippen MR) is 173 cm³/mol. The highest BCUT2D eigenvalue weighted by Gasteiger charge is 2.49. The van der Waals surface area contributed by atoms with Crippen molar-refractivity contribution < 1.29 is 29.3 Å². The molecule has 4 atom stereocenters. The van der Waals surface area contributed by atoms with Crippen molar-refractivity contribution in [3.63, 3.8) is 0 Å². The van der Waals surface area contributed by atoms with Crippen LogP contribution in [0.25, 0.3) is 0 Å². The van der Waals surface area contributed by atoms with Crippen LogP contribution in [0.2, 0.25) is 0 Å². The van der Waals surface area contributed by atoms with Crippen molar-refractivity contribution in [3.8, 4) is 0 Å². The molecule has 0 radical (unpaired) electrons. The number of anilines is 1. The highest BCUT2D eigenvalue weighted by atomic mass is 79.9. The van der Waals surface area contributed by atoms with Crippen LogP contribution in [-0.4, -0.2) is 52.6 Å². The van der Waals surface area contributed by atoms with Gasteiger partial charge in [-0.2, -0.15) is 0 Å². The van der Waals surface area contributed by atoms with Crippen molar-refractivity contribution in [1.82, 2.24) is 5.32 Å². The summed E-state index contributed by atoms with van der Waals surface area (Å²) in [6, 6.07) is 20.1. The van der Waals surface area contributed by atoms with E-state index in [1.165, 1.54) is 19.4 Å². The normalized spacial score (nSPS) is 17.2. The molecule has 8 nitrogen and oxygen atoms in total. The minimum Gasteiger partial charge on any atom is -0.448 e. The molecule has 0 aromatic heterocycles. The number of ketones is 2. The Morgan fingerprint density at radius 2 is 1.61 bits per heavy atom. The SMILES string of the molecule is CCC(NC1CCCCC1)c1cc(C(=O)OC(C(=O)C(C)(C(=O)c2ccccc2)c2ccccc2)C(O)CO)cc(Br)c1N. The van der Waals surface area contributed by atoms with Crippen LogP contribution in [0.4, 0.5) is 5.69 Å². The Kier molecular flexibility index (Phi) is 11.5. The van der Waals surface area contributed by atoms with E-state index < -0.39 is 41.8 Å². The molecule has 0 bridgehead atoms. The van der Waals surface area contributed by atoms with Gasteiger partial charge in [0.2, 0.25) is 0 Å². The first-order chi connectivity index (χ1) is 21.1.